The molecule has 0 saturated carbocycles. The number of benzene rings is 2. The van der Waals surface area contributed by atoms with Gasteiger partial charge in [0, 0.05) is 12.2 Å². The molecule has 1 nitrogen and oxygen atoms in total. The predicted molar refractivity (Wildman–Crippen MR) is 72.2 cm³/mol. The van der Waals surface area contributed by atoms with Gasteiger partial charge in [0.15, 0.2) is 0 Å². The summed E-state index contributed by atoms with van der Waals surface area (Å²) in [5, 5.41) is 3.39. The minimum Gasteiger partial charge on any atom is -0.381 e. The average molecular weight is 234 g/mol. The maximum absolute atomic E-state index is 3.39. The standard InChI is InChI=1S/C14H15N.ClH/c1-12-7-9-14(10-8-12)15-11-13-5-3-2-4-6-13;/h2-10,15H,11H2,1H3;1H. The van der Waals surface area contributed by atoms with Crippen LogP contribution in [0, 0.1) is 6.92 Å². The van der Waals surface area contributed by atoms with Gasteiger partial charge in [-0.15, -0.1) is 12.4 Å². The molecule has 2 heteroatoms. The first-order valence-corrected chi connectivity index (χ1v) is 5.19. The highest BCUT2D eigenvalue weighted by molar-refractivity contribution is 5.85. The lowest BCUT2D eigenvalue weighted by Gasteiger charge is -2.06. The van der Waals surface area contributed by atoms with E-state index in [2.05, 4.69) is 60.8 Å². The van der Waals surface area contributed by atoms with Crippen molar-refractivity contribution >= 4 is 18.1 Å². The van der Waals surface area contributed by atoms with E-state index >= 15 is 0 Å². The highest BCUT2D eigenvalue weighted by atomic mass is 35.5. The third-order valence-electron chi connectivity index (χ3n) is 2.39. The zero-order valence-electron chi connectivity index (χ0n) is 9.31. The topological polar surface area (TPSA) is 12.0 Å². The Labute approximate surface area is 103 Å². The summed E-state index contributed by atoms with van der Waals surface area (Å²) >= 11 is 0. The van der Waals surface area contributed by atoms with Crippen molar-refractivity contribution in [1.29, 1.82) is 0 Å². The Kier molecular flexibility index (Phi) is 4.87. The lowest BCUT2D eigenvalue weighted by Crippen LogP contribution is -1.98. The van der Waals surface area contributed by atoms with Crippen LogP contribution in [0.1, 0.15) is 11.1 Å². The Morgan fingerprint density at radius 1 is 0.875 bits per heavy atom. The Hall–Kier alpha value is -1.47. The molecule has 0 amide bonds. The van der Waals surface area contributed by atoms with E-state index in [1.165, 1.54) is 16.8 Å². The zero-order chi connectivity index (χ0) is 10.5. The maximum Gasteiger partial charge on any atom is 0.0400 e. The quantitative estimate of drug-likeness (QED) is 0.844. The van der Waals surface area contributed by atoms with Gasteiger partial charge in [-0.25, -0.2) is 0 Å². The van der Waals surface area contributed by atoms with E-state index in [0.717, 1.165) is 6.54 Å². The summed E-state index contributed by atoms with van der Waals surface area (Å²) in [5.74, 6) is 0. The monoisotopic (exact) mass is 233 g/mol. The summed E-state index contributed by atoms with van der Waals surface area (Å²) in [4.78, 5) is 0. The molecule has 0 atom stereocenters. The maximum atomic E-state index is 3.39. The second-order valence-corrected chi connectivity index (χ2v) is 3.71. The third kappa shape index (κ3) is 3.59. The van der Waals surface area contributed by atoms with Gasteiger partial charge in [-0.3, -0.25) is 0 Å². The molecule has 0 spiro atoms. The number of rotatable bonds is 3. The van der Waals surface area contributed by atoms with E-state index in [9.17, 15) is 0 Å². The minimum absolute atomic E-state index is 0. The van der Waals surface area contributed by atoms with Crippen LogP contribution in [0.3, 0.4) is 0 Å². The largest absolute Gasteiger partial charge is 0.381 e. The second kappa shape index (κ2) is 6.19. The third-order valence-corrected chi connectivity index (χ3v) is 2.39. The fourth-order valence-electron chi connectivity index (χ4n) is 1.47. The van der Waals surface area contributed by atoms with Crippen LogP contribution in [0.5, 0.6) is 0 Å². The van der Waals surface area contributed by atoms with E-state index in [-0.39, 0.29) is 12.4 Å². The van der Waals surface area contributed by atoms with E-state index in [0.29, 0.717) is 0 Å². The molecule has 0 bridgehead atoms. The van der Waals surface area contributed by atoms with Crippen LogP contribution in [0.4, 0.5) is 5.69 Å². The van der Waals surface area contributed by atoms with Gasteiger partial charge in [0.2, 0.25) is 0 Å². The Bertz CT molecular complexity index is 409. The van der Waals surface area contributed by atoms with Gasteiger partial charge in [0.05, 0.1) is 0 Å². The molecule has 1 N–H and O–H groups in total. The van der Waals surface area contributed by atoms with Crippen molar-refractivity contribution in [1.82, 2.24) is 0 Å². The number of aryl methyl sites for hydroxylation is 1. The van der Waals surface area contributed by atoms with Gasteiger partial charge in [0.1, 0.15) is 0 Å². The van der Waals surface area contributed by atoms with Crippen LogP contribution in [-0.4, -0.2) is 0 Å². The van der Waals surface area contributed by atoms with Crippen molar-refractivity contribution in [3.05, 3.63) is 65.7 Å². The van der Waals surface area contributed by atoms with E-state index in [1.54, 1.807) is 0 Å². The van der Waals surface area contributed by atoms with Gasteiger partial charge in [0.25, 0.3) is 0 Å². The first-order chi connectivity index (χ1) is 7.34. The van der Waals surface area contributed by atoms with Crippen molar-refractivity contribution in [2.75, 3.05) is 5.32 Å². The number of hydrogen-bond donors (Lipinski definition) is 1. The number of hydrogen-bond acceptors (Lipinski definition) is 1. The molecule has 0 aromatic heterocycles. The Morgan fingerprint density at radius 3 is 2.12 bits per heavy atom. The molecule has 0 unspecified atom stereocenters. The van der Waals surface area contributed by atoms with Gasteiger partial charge in [-0.1, -0.05) is 48.0 Å². The fourth-order valence-corrected chi connectivity index (χ4v) is 1.47. The minimum atomic E-state index is 0. The average Bonchev–Trinajstić information content (AvgIpc) is 2.30. The summed E-state index contributed by atoms with van der Waals surface area (Å²) in [6, 6.07) is 18.9. The smallest absolute Gasteiger partial charge is 0.0400 e. The number of nitrogens with one attached hydrogen (secondary N) is 1. The highest BCUT2D eigenvalue weighted by Gasteiger charge is 1.92. The van der Waals surface area contributed by atoms with Crippen molar-refractivity contribution in [2.45, 2.75) is 13.5 Å². The van der Waals surface area contributed by atoms with E-state index in [4.69, 9.17) is 0 Å². The van der Waals surface area contributed by atoms with Gasteiger partial charge >= 0.3 is 0 Å². The van der Waals surface area contributed by atoms with Crippen molar-refractivity contribution in [3.63, 3.8) is 0 Å². The molecule has 84 valence electrons. The van der Waals surface area contributed by atoms with Gasteiger partial charge in [-0.05, 0) is 24.6 Å². The summed E-state index contributed by atoms with van der Waals surface area (Å²) in [6.45, 7) is 2.98. The van der Waals surface area contributed by atoms with Crippen LogP contribution >= 0.6 is 12.4 Å². The fraction of sp³-hybridized carbons (Fsp3) is 0.143. The van der Waals surface area contributed by atoms with Crippen LogP contribution in [0.15, 0.2) is 54.6 Å². The predicted octanol–water partition coefficient (Wildman–Crippen LogP) is 4.03. The lowest BCUT2D eigenvalue weighted by atomic mass is 10.2. The lowest BCUT2D eigenvalue weighted by molar-refractivity contribution is 1.15. The van der Waals surface area contributed by atoms with Crippen LogP contribution in [0.25, 0.3) is 0 Å². The molecular formula is C14H16ClN. The SMILES string of the molecule is Cc1ccc(NCc2ccccc2)cc1.Cl. The summed E-state index contributed by atoms with van der Waals surface area (Å²) in [5.41, 5.74) is 3.77. The van der Waals surface area contributed by atoms with Crippen molar-refractivity contribution < 1.29 is 0 Å². The van der Waals surface area contributed by atoms with Crippen molar-refractivity contribution in [3.8, 4) is 0 Å². The molecule has 0 radical (unpaired) electrons. The zero-order valence-corrected chi connectivity index (χ0v) is 10.1. The molecule has 2 rings (SSSR count). The molecule has 0 heterocycles. The molecule has 2 aromatic rings. The van der Waals surface area contributed by atoms with Gasteiger partial charge in [-0.2, -0.15) is 0 Å². The second-order valence-electron chi connectivity index (χ2n) is 3.71. The Morgan fingerprint density at radius 2 is 1.50 bits per heavy atom. The molecule has 2 aromatic carbocycles. The first-order valence-electron chi connectivity index (χ1n) is 5.19. The summed E-state index contributed by atoms with van der Waals surface area (Å²) in [7, 11) is 0. The normalized spacial score (nSPS) is 9.31. The molecule has 0 aliphatic rings. The molecule has 0 fully saturated rings. The van der Waals surface area contributed by atoms with E-state index in [1.807, 2.05) is 6.07 Å². The molecule has 16 heavy (non-hydrogen) atoms. The van der Waals surface area contributed by atoms with Crippen LogP contribution in [-0.2, 0) is 6.54 Å². The Balaban J connectivity index is 0.00000128. The van der Waals surface area contributed by atoms with Crippen molar-refractivity contribution in [2.24, 2.45) is 0 Å². The summed E-state index contributed by atoms with van der Waals surface area (Å²) < 4.78 is 0. The van der Waals surface area contributed by atoms with E-state index < -0.39 is 0 Å². The number of halogens is 1. The molecule has 0 saturated heterocycles. The van der Waals surface area contributed by atoms with Crippen LogP contribution in [0.2, 0.25) is 0 Å². The molecule has 0 aliphatic heterocycles. The number of anilines is 1. The summed E-state index contributed by atoms with van der Waals surface area (Å²) in [6.07, 6.45) is 0. The molecular weight excluding hydrogens is 218 g/mol. The highest BCUT2D eigenvalue weighted by Crippen LogP contribution is 2.10. The first kappa shape index (κ1) is 12.6. The van der Waals surface area contributed by atoms with Gasteiger partial charge < -0.3 is 5.32 Å². The van der Waals surface area contributed by atoms with Crippen LogP contribution < -0.4 is 5.32 Å². The molecule has 0 aliphatic carbocycles.